The molecule has 0 spiro atoms. The molecule has 136 valence electrons. The fourth-order valence-electron chi connectivity index (χ4n) is 2.63. The number of nitrogens with one attached hydrogen (secondary N) is 2. The first-order valence-corrected chi connectivity index (χ1v) is 7.94. The number of aryl methyl sites for hydroxylation is 1. The first kappa shape index (κ1) is 18.8. The van der Waals surface area contributed by atoms with Crippen LogP contribution in [0.4, 0.5) is 19.0 Å². The van der Waals surface area contributed by atoms with Gasteiger partial charge in [0.15, 0.2) is 11.6 Å². The number of ketones is 1. The van der Waals surface area contributed by atoms with Crippen molar-refractivity contribution in [2.75, 3.05) is 5.32 Å². The minimum atomic E-state index is -4.97. The molecule has 2 N–H and O–H groups in total. The van der Waals surface area contributed by atoms with E-state index in [4.69, 9.17) is 0 Å². The van der Waals surface area contributed by atoms with Crippen LogP contribution in [0.25, 0.3) is 11.4 Å². The van der Waals surface area contributed by atoms with Gasteiger partial charge in [-0.25, -0.2) is 0 Å². The van der Waals surface area contributed by atoms with Crippen molar-refractivity contribution in [2.24, 2.45) is 0 Å². The van der Waals surface area contributed by atoms with Gasteiger partial charge < -0.3 is 9.88 Å². The van der Waals surface area contributed by atoms with Crippen LogP contribution in [0.2, 0.25) is 0 Å². The Bertz CT molecular complexity index is 790. The van der Waals surface area contributed by atoms with Crippen LogP contribution < -0.4 is 5.32 Å². The van der Waals surface area contributed by atoms with E-state index in [0.717, 1.165) is 0 Å². The van der Waals surface area contributed by atoms with E-state index in [1.54, 1.807) is 17.6 Å². The molecule has 9 heteroatoms. The van der Waals surface area contributed by atoms with Crippen LogP contribution in [0.3, 0.4) is 0 Å². The van der Waals surface area contributed by atoms with Crippen molar-refractivity contribution in [2.45, 2.75) is 46.3 Å². The topological polar surface area (TPSA) is 79.8 Å². The van der Waals surface area contributed by atoms with Gasteiger partial charge in [0.1, 0.15) is 0 Å². The smallest absolute Gasteiger partial charge is 0.345 e. The van der Waals surface area contributed by atoms with Gasteiger partial charge in [0.2, 0.25) is 0 Å². The molecular weight excluding hydrogens is 337 g/mol. The molecule has 0 atom stereocenters. The van der Waals surface area contributed by atoms with E-state index in [0.29, 0.717) is 41.9 Å². The Morgan fingerprint density at radius 2 is 2.00 bits per heavy atom. The van der Waals surface area contributed by atoms with Gasteiger partial charge in [-0.05, 0) is 25.8 Å². The number of aromatic nitrogens is 3. The second-order valence-electron chi connectivity index (χ2n) is 5.34. The summed E-state index contributed by atoms with van der Waals surface area (Å²) in [7, 11) is 0. The molecule has 0 saturated carbocycles. The number of rotatable bonds is 2. The maximum absolute atomic E-state index is 12.4. The lowest BCUT2D eigenvalue weighted by molar-refractivity contribution is -0.167. The highest BCUT2D eigenvalue weighted by molar-refractivity contribution is 5.97. The van der Waals surface area contributed by atoms with Gasteiger partial charge in [-0.2, -0.15) is 18.3 Å². The number of alkyl halides is 3. The Balaban J connectivity index is 0.00000109. The molecule has 3 heterocycles. The van der Waals surface area contributed by atoms with Crippen molar-refractivity contribution in [3.63, 3.8) is 0 Å². The third kappa shape index (κ3) is 3.75. The number of hydrogen-bond acceptors (Lipinski definition) is 3. The van der Waals surface area contributed by atoms with E-state index in [9.17, 15) is 22.8 Å². The van der Waals surface area contributed by atoms with Gasteiger partial charge in [-0.1, -0.05) is 13.8 Å². The van der Waals surface area contributed by atoms with Gasteiger partial charge in [0, 0.05) is 23.9 Å². The molecule has 1 aliphatic rings. The molecule has 0 bridgehead atoms. The number of amides is 1. The zero-order valence-electron chi connectivity index (χ0n) is 14.1. The summed E-state index contributed by atoms with van der Waals surface area (Å²) in [5, 5.41) is 8.25. The quantitative estimate of drug-likeness (QED) is 0.808. The number of carbonyl (C=O) groups is 2. The number of H-pyrrole nitrogens is 1. The first-order valence-electron chi connectivity index (χ1n) is 7.94. The Hall–Kier alpha value is -2.58. The van der Waals surface area contributed by atoms with E-state index < -0.39 is 12.1 Å². The highest BCUT2D eigenvalue weighted by atomic mass is 19.4. The Morgan fingerprint density at radius 1 is 1.32 bits per heavy atom. The van der Waals surface area contributed by atoms with Gasteiger partial charge >= 0.3 is 12.1 Å². The predicted molar refractivity (Wildman–Crippen MR) is 86.4 cm³/mol. The fraction of sp³-hybridized carbons (Fsp3) is 0.438. The van der Waals surface area contributed by atoms with Crippen LogP contribution in [0.15, 0.2) is 12.3 Å². The number of anilines is 1. The molecule has 2 aromatic heterocycles. The predicted octanol–water partition coefficient (Wildman–Crippen LogP) is 3.55. The molecule has 0 aromatic carbocycles. The van der Waals surface area contributed by atoms with Crippen LogP contribution in [0.5, 0.6) is 0 Å². The highest BCUT2D eigenvalue weighted by Gasteiger charge is 2.39. The molecule has 0 aliphatic carbocycles. The minimum absolute atomic E-state index is 0.0998. The van der Waals surface area contributed by atoms with Crippen molar-refractivity contribution in [3.05, 3.63) is 23.4 Å². The van der Waals surface area contributed by atoms with E-state index >= 15 is 0 Å². The first-order chi connectivity index (χ1) is 11.8. The van der Waals surface area contributed by atoms with Crippen molar-refractivity contribution < 1.29 is 22.8 Å². The Kier molecular flexibility index (Phi) is 5.34. The lowest BCUT2D eigenvalue weighted by atomic mass is 10.1. The molecule has 25 heavy (non-hydrogen) atoms. The van der Waals surface area contributed by atoms with Gasteiger partial charge in [0.25, 0.3) is 0 Å². The molecule has 6 nitrogen and oxygen atoms in total. The zero-order chi connectivity index (χ0) is 18.8. The van der Waals surface area contributed by atoms with Crippen molar-refractivity contribution in [3.8, 4) is 11.4 Å². The van der Waals surface area contributed by atoms with Gasteiger partial charge in [-0.15, -0.1) is 0 Å². The Morgan fingerprint density at radius 3 is 2.60 bits per heavy atom. The van der Waals surface area contributed by atoms with E-state index in [1.807, 2.05) is 18.4 Å². The largest absolute Gasteiger partial charge is 0.471 e. The van der Waals surface area contributed by atoms with Crippen LogP contribution in [-0.4, -0.2) is 32.6 Å². The summed E-state index contributed by atoms with van der Waals surface area (Å²) in [6.07, 6.45) is -2.14. The number of Topliss-reactive ketones (excluding diaryl/α,β-unsaturated/α-hetero) is 1. The summed E-state index contributed by atoms with van der Waals surface area (Å²) >= 11 is 0. The number of carbonyl (C=O) groups excluding carboxylic acids is 2. The van der Waals surface area contributed by atoms with E-state index in [1.165, 1.54) is 6.92 Å². The van der Waals surface area contributed by atoms with Gasteiger partial charge in [-0.3, -0.25) is 14.7 Å². The number of hydrogen-bond donors (Lipinski definition) is 2. The SMILES string of the molecule is CC.CC(=O)c1cc2n(c1)CCCc1c(NC(=O)C(F)(F)F)n[nH]c1-2. The molecule has 0 radical (unpaired) electrons. The minimum Gasteiger partial charge on any atom is -0.345 e. The summed E-state index contributed by atoms with van der Waals surface area (Å²) in [6.45, 7) is 6.07. The molecule has 0 fully saturated rings. The molecular formula is C16H19F3N4O2. The normalized spacial score (nSPS) is 13.0. The van der Waals surface area contributed by atoms with Crippen molar-refractivity contribution in [1.29, 1.82) is 0 Å². The van der Waals surface area contributed by atoms with E-state index in [-0.39, 0.29) is 11.6 Å². The zero-order valence-corrected chi connectivity index (χ0v) is 14.1. The number of aromatic amines is 1. The maximum atomic E-state index is 12.4. The van der Waals surface area contributed by atoms with Gasteiger partial charge in [0.05, 0.1) is 11.4 Å². The number of fused-ring (bicyclic) bond motifs is 3. The molecule has 1 amide bonds. The van der Waals surface area contributed by atoms with Crippen LogP contribution in [0, 0.1) is 0 Å². The van der Waals surface area contributed by atoms with Crippen LogP contribution >= 0.6 is 0 Å². The molecule has 0 unspecified atom stereocenters. The number of nitrogens with zero attached hydrogens (tertiary/aromatic N) is 2. The van der Waals surface area contributed by atoms with Crippen LogP contribution in [-0.2, 0) is 17.8 Å². The average molecular weight is 356 g/mol. The lowest BCUT2D eigenvalue weighted by Crippen LogP contribution is -2.30. The van der Waals surface area contributed by atoms with Crippen molar-refractivity contribution in [1.82, 2.24) is 14.8 Å². The fourth-order valence-corrected chi connectivity index (χ4v) is 2.63. The summed E-state index contributed by atoms with van der Waals surface area (Å²) in [6, 6.07) is 1.67. The third-order valence-corrected chi connectivity index (χ3v) is 3.74. The molecule has 2 aromatic rings. The second kappa shape index (κ2) is 7.12. The monoisotopic (exact) mass is 356 g/mol. The summed E-state index contributed by atoms with van der Waals surface area (Å²) in [4.78, 5) is 22.6. The number of halogens is 3. The highest BCUT2D eigenvalue weighted by Crippen LogP contribution is 2.33. The summed E-state index contributed by atoms with van der Waals surface area (Å²) in [5.41, 5.74) is 2.22. The average Bonchev–Trinajstić information content (AvgIpc) is 3.10. The standard InChI is InChI=1S/C14H13F3N4O2.C2H6/c1-7(22)8-5-10-11-9(3-2-4-21(10)6-8)12(20-19-11)18-13(23)14(15,16)17;1-2/h5-6H,2-4H2,1H3,(H2,18,19,20,23);1-2H3. The molecule has 1 aliphatic heterocycles. The summed E-state index contributed by atoms with van der Waals surface area (Å²) in [5.74, 6) is -2.28. The lowest BCUT2D eigenvalue weighted by Gasteiger charge is -2.07. The third-order valence-electron chi connectivity index (χ3n) is 3.74. The summed E-state index contributed by atoms with van der Waals surface area (Å²) < 4.78 is 39.0. The molecule has 3 rings (SSSR count). The van der Waals surface area contributed by atoms with Crippen LogP contribution in [0.1, 0.15) is 43.1 Å². The Labute approximate surface area is 142 Å². The van der Waals surface area contributed by atoms with E-state index in [2.05, 4.69) is 10.2 Å². The maximum Gasteiger partial charge on any atom is 0.471 e. The second-order valence-corrected chi connectivity index (χ2v) is 5.34. The molecule has 0 saturated heterocycles. The van der Waals surface area contributed by atoms with Crippen molar-refractivity contribution >= 4 is 17.5 Å².